The lowest BCUT2D eigenvalue weighted by molar-refractivity contribution is 0.122. The van der Waals surface area contributed by atoms with Crippen molar-refractivity contribution in [2.45, 2.75) is 0 Å². The van der Waals surface area contributed by atoms with Crippen molar-refractivity contribution in [1.82, 2.24) is 9.97 Å². The second-order valence-corrected chi connectivity index (χ2v) is 6.67. The maximum Gasteiger partial charge on any atom is 0.225 e. The zero-order valence-corrected chi connectivity index (χ0v) is 14.7. The van der Waals surface area contributed by atoms with E-state index < -0.39 is 0 Å². The lowest BCUT2D eigenvalue weighted by Gasteiger charge is -2.28. The number of ether oxygens (including phenoxy) is 2. The van der Waals surface area contributed by atoms with Crippen LogP contribution in [0.3, 0.4) is 0 Å². The van der Waals surface area contributed by atoms with E-state index in [0.29, 0.717) is 13.2 Å². The van der Waals surface area contributed by atoms with Crippen LogP contribution in [0.15, 0.2) is 29.6 Å². The van der Waals surface area contributed by atoms with Crippen LogP contribution < -0.4 is 9.64 Å². The van der Waals surface area contributed by atoms with E-state index in [1.165, 1.54) is 0 Å². The van der Waals surface area contributed by atoms with Gasteiger partial charge in [-0.1, -0.05) is 12.1 Å². The predicted octanol–water partition coefficient (Wildman–Crippen LogP) is 3.86. The molecule has 1 aliphatic heterocycles. The molecule has 0 bridgehead atoms. The van der Waals surface area contributed by atoms with Gasteiger partial charge in [-0.3, -0.25) is 0 Å². The molecule has 3 aromatic rings. The molecule has 0 radical (unpaired) electrons. The molecule has 0 aliphatic carbocycles. The minimum Gasteiger partial charge on any atom is -0.497 e. The van der Waals surface area contributed by atoms with E-state index in [4.69, 9.17) is 21.1 Å². The standard InChI is InChI=1S/C17H16ClN3O2S/c1-22-12-4-2-11(3-5-12)13-10-24-16-14(13)15(19-17(18)20-16)21-6-8-23-9-7-21/h2-5,10H,6-9H2,1H3. The molecule has 124 valence electrons. The Balaban J connectivity index is 1.86. The Hall–Kier alpha value is -1.89. The van der Waals surface area contributed by atoms with Crippen LogP contribution in [-0.4, -0.2) is 43.4 Å². The van der Waals surface area contributed by atoms with Crippen molar-refractivity contribution in [3.8, 4) is 16.9 Å². The monoisotopic (exact) mass is 361 g/mol. The van der Waals surface area contributed by atoms with Crippen LogP contribution in [0.2, 0.25) is 5.28 Å². The Morgan fingerprint density at radius 2 is 1.92 bits per heavy atom. The minimum absolute atomic E-state index is 0.284. The predicted molar refractivity (Wildman–Crippen MR) is 97.4 cm³/mol. The van der Waals surface area contributed by atoms with E-state index in [-0.39, 0.29) is 5.28 Å². The summed E-state index contributed by atoms with van der Waals surface area (Å²) in [5.74, 6) is 1.73. The first-order valence-electron chi connectivity index (χ1n) is 7.68. The molecule has 0 unspecified atom stereocenters. The molecule has 5 nitrogen and oxygen atoms in total. The highest BCUT2D eigenvalue weighted by Crippen LogP contribution is 2.39. The zero-order valence-electron chi connectivity index (χ0n) is 13.2. The summed E-state index contributed by atoms with van der Waals surface area (Å²) in [6, 6.07) is 8.03. The van der Waals surface area contributed by atoms with Gasteiger partial charge in [-0.05, 0) is 29.3 Å². The van der Waals surface area contributed by atoms with E-state index in [1.807, 2.05) is 12.1 Å². The van der Waals surface area contributed by atoms with Crippen molar-refractivity contribution in [1.29, 1.82) is 0 Å². The average molecular weight is 362 g/mol. The lowest BCUT2D eigenvalue weighted by Crippen LogP contribution is -2.37. The number of anilines is 1. The summed E-state index contributed by atoms with van der Waals surface area (Å²) in [6.45, 7) is 3.01. The molecule has 7 heteroatoms. The largest absolute Gasteiger partial charge is 0.497 e. The zero-order chi connectivity index (χ0) is 16.5. The van der Waals surface area contributed by atoms with Crippen LogP contribution in [0.25, 0.3) is 21.3 Å². The van der Waals surface area contributed by atoms with Gasteiger partial charge in [0.15, 0.2) is 0 Å². The van der Waals surface area contributed by atoms with E-state index >= 15 is 0 Å². The van der Waals surface area contributed by atoms with Crippen molar-refractivity contribution in [2.24, 2.45) is 0 Å². The Morgan fingerprint density at radius 1 is 1.17 bits per heavy atom. The van der Waals surface area contributed by atoms with E-state index in [9.17, 15) is 0 Å². The summed E-state index contributed by atoms with van der Waals surface area (Å²) in [5.41, 5.74) is 2.23. The van der Waals surface area contributed by atoms with E-state index in [2.05, 4.69) is 32.4 Å². The SMILES string of the molecule is COc1ccc(-c2csc3nc(Cl)nc(N4CCOCC4)c23)cc1. The number of rotatable bonds is 3. The Labute approximate surface area is 148 Å². The van der Waals surface area contributed by atoms with Crippen molar-refractivity contribution in [3.05, 3.63) is 34.9 Å². The highest BCUT2D eigenvalue weighted by atomic mass is 35.5. The first-order chi connectivity index (χ1) is 11.8. The third-order valence-corrected chi connectivity index (χ3v) is 5.14. The molecule has 1 aromatic carbocycles. The fourth-order valence-electron chi connectivity index (χ4n) is 2.89. The van der Waals surface area contributed by atoms with Crippen molar-refractivity contribution >= 4 is 39.0 Å². The van der Waals surface area contributed by atoms with Crippen molar-refractivity contribution in [3.63, 3.8) is 0 Å². The van der Waals surface area contributed by atoms with Gasteiger partial charge in [0.25, 0.3) is 0 Å². The summed E-state index contributed by atoms with van der Waals surface area (Å²) < 4.78 is 10.7. The van der Waals surface area contributed by atoms with Crippen LogP contribution in [-0.2, 0) is 4.74 Å². The number of hydrogen-bond acceptors (Lipinski definition) is 6. The van der Waals surface area contributed by atoms with Gasteiger partial charge in [0.2, 0.25) is 5.28 Å². The maximum atomic E-state index is 6.15. The molecular formula is C17H16ClN3O2S. The number of aromatic nitrogens is 2. The summed E-state index contributed by atoms with van der Waals surface area (Å²) in [4.78, 5) is 12.1. The lowest BCUT2D eigenvalue weighted by atomic mass is 10.1. The fraction of sp³-hybridized carbons (Fsp3) is 0.294. The van der Waals surface area contributed by atoms with Crippen molar-refractivity contribution in [2.75, 3.05) is 38.3 Å². The molecule has 1 saturated heterocycles. The van der Waals surface area contributed by atoms with Gasteiger partial charge < -0.3 is 14.4 Å². The van der Waals surface area contributed by atoms with Crippen molar-refractivity contribution < 1.29 is 9.47 Å². The summed E-state index contributed by atoms with van der Waals surface area (Å²) in [7, 11) is 1.67. The molecule has 1 fully saturated rings. The Morgan fingerprint density at radius 3 is 2.62 bits per heavy atom. The molecule has 0 amide bonds. The summed E-state index contributed by atoms with van der Waals surface area (Å²) >= 11 is 7.73. The van der Waals surface area contributed by atoms with Gasteiger partial charge in [-0.2, -0.15) is 4.98 Å². The molecular weight excluding hydrogens is 346 g/mol. The molecule has 1 aliphatic rings. The first kappa shape index (κ1) is 15.6. The molecule has 2 aromatic heterocycles. The normalized spacial score (nSPS) is 15.0. The number of benzene rings is 1. The number of thiophene rings is 1. The van der Waals surface area contributed by atoms with Gasteiger partial charge in [-0.15, -0.1) is 11.3 Å². The van der Waals surface area contributed by atoms with Gasteiger partial charge in [0, 0.05) is 24.0 Å². The quantitative estimate of drug-likeness (QED) is 0.663. The summed E-state index contributed by atoms with van der Waals surface area (Å²) in [5, 5.41) is 3.45. The van der Waals surface area contributed by atoms with Gasteiger partial charge in [0.05, 0.1) is 25.7 Å². The molecule has 0 spiro atoms. The topological polar surface area (TPSA) is 47.5 Å². The van der Waals surface area contributed by atoms with Crippen LogP contribution in [0.5, 0.6) is 5.75 Å². The molecule has 0 atom stereocenters. The number of fused-ring (bicyclic) bond motifs is 1. The van der Waals surface area contributed by atoms with E-state index in [0.717, 1.165) is 46.0 Å². The van der Waals surface area contributed by atoms with Crippen LogP contribution in [0, 0.1) is 0 Å². The van der Waals surface area contributed by atoms with E-state index in [1.54, 1.807) is 18.4 Å². The molecule has 0 saturated carbocycles. The second-order valence-electron chi connectivity index (χ2n) is 5.47. The van der Waals surface area contributed by atoms with Crippen LogP contribution in [0.4, 0.5) is 5.82 Å². The van der Waals surface area contributed by atoms with Gasteiger partial charge in [0.1, 0.15) is 16.4 Å². The number of nitrogens with zero attached hydrogens (tertiary/aromatic N) is 3. The minimum atomic E-state index is 0.284. The third kappa shape index (κ3) is 2.81. The molecule has 4 rings (SSSR count). The number of methoxy groups -OCH3 is 1. The molecule has 24 heavy (non-hydrogen) atoms. The maximum absolute atomic E-state index is 6.15. The Kier molecular flexibility index (Phi) is 4.26. The second kappa shape index (κ2) is 6.55. The number of morpholine rings is 1. The third-order valence-electron chi connectivity index (χ3n) is 4.10. The Bertz CT molecular complexity index is 860. The summed E-state index contributed by atoms with van der Waals surface area (Å²) in [6.07, 6.45) is 0. The number of halogens is 1. The van der Waals surface area contributed by atoms with Gasteiger partial charge in [-0.25, -0.2) is 4.98 Å². The fourth-order valence-corrected chi connectivity index (χ4v) is 4.04. The van der Waals surface area contributed by atoms with Crippen LogP contribution in [0.1, 0.15) is 0 Å². The number of hydrogen-bond donors (Lipinski definition) is 0. The smallest absolute Gasteiger partial charge is 0.225 e. The molecule has 0 N–H and O–H groups in total. The highest BCUT2D eigenvalue weighted by molar-refractivity contribution is 7.17. The highest BCUT2D eigenvalue weighted by Gasteiger charge is 2.21. The van der Waals surface area contributed by atoms with Gasteiger partial charge >= 0.3 is 0 Å². The molecule has 3 heterocycles. The average Bonchev–Trinajstić information content (AvgIpc) is 3.05. The first-order valence-corrected chi connectivity index (χ1v) is 8.94. The van der Waals surface area contributed by atoms with Crippen LogP contribution >= 0.6 is 22.9 Å².